The van der Waals surface area contributed by atoms with E-state index in [-0.39, 0.29) is 11.8 Å². The first-order valence-corrected chi connectivity index (χ1v) is 6.83. The molecule has 0 aromatic carbocycles. The van der Waals surface area contributed by atoms with Crippen molar-refractivity contribution in [1.29, 1.82) is 0 Å². The van der Waals surface area contributed by atoms with Gasteiger partial charge < -0.3 is 10.5 Å². The molecule has 0 aliphatic rings. The minimum atomic E-state index is -0.528. The van der Waals surface area contributed by atoms with Crippen LogP contribution in [-0.4, -0.2) is 29.2 Å². The zero-order chi connectivity index (χ0) is 14.6. The Morgan fingerprint density at radius 2 is 2.05 bits per heavy atom. The van der Waals surface area contributed by atoms with E-state index in [1.165, 1.54) is 0 Å². The number of methoxy groups -OCH3 is 1. The van der Waals surface area contributed by atoms with E-state index < -0.39 is 5.41 Å². The number of carbonyl (C=O) groups excluding carboxylic acids is 1. The Morgan fingerprint density at radius 3 is 2.42 bits per heavy atom. The van der Waals surface area contributed by atoms with Gasteiger partial charge in [0, 0.05) is 18.0 Å². The second-order valence-electron chi connectivity index (χ2n) is 5.12. The van der Waals surface area contributed by atoms with E-state index in [9.17, 15) is 4.79 Å². The molecule has 0 saturated heterocycles. The summed E-state index contributed by atoms with van der Waals surface area (Å²) in [5, 5.41) is 4.25. The van der Waals surface area contributed by atoms with Crippen molar-refractivity contribution in [3.05, 3.63) is 11.9 Å². The van der Waals surface area contributed by atoms with Gasteiger partial charge in [-0.3, -0.25) is 9.48 Å². The Bertz CT molecular complexity index is 426. The second kappa shape index (κ2) is 6.19. The topological polar surface area (TPSA) is 70.1 Å². The van der Waals surface area contributed by atoms with Crippen molar-refractivity contribution in [2.75, 3.05) is 13.7 Å². The van der Waals surface area contributed by atoms with E-state index in [1.807, 2.05) is 27.7 Å². The van der Waals surface area contributed by atoms with Crippen molar-refractivity contribution in [2.45, 2.75) is 46.6 Å². The summed E-state index contributed by atoms with van der Waals surface area (Å²) in [5.41, 5.74) is 5.87. The van der Waals surface area contributed by atoms with Gasteiger partial charge >= 0.3 is 0 Å². The average Bonchev–Trinajstić information content (AvgIpc) is 2.84. The summed E-state index contributed by atoms with van der Waals surface area (Å²) >= 11 is 0. The quantitative estimate of drug-likeness (QED) is 0.770. The van der Waals surface area contributed by atoms with Crippen LogP contribution in [0.2, 0.25) is 0 Å². The van der Waals surface area contributed by atoms with Crippen LogP contribution in [0, 0.1) is 5.41 Å². The highest BCUT2D eigenvalue weighted by Crippen LogP contribution is 2.34. The van der Waals surface area contributed by atoms with Crippen LogP contribution in [-0.2, 0) is 0 Å². The molecule has 0 unspecified atom stereocenters. The van der Waals surface area contributed by atoms with Crippen molar-refractivity contribution < 1.29 is 9.53 Å². The third kappa shape index (κ3) is 2.66. The Balaban J connectivity index is 3.35. The number of ether oxygens (including phenoxy) is 1. The fraction of sp³-hybridized carbons (Fsp3) is 0.714. The molecule has 0 radical (unpaired) electrons. The van der Waals surface area contributed by atoms with Crippen LogP contribution in [0.15, 0.2) is 6.20 Å². The Morgan fingerprint density at radius 1 is 1.47 bits per heavy atom. The van der Waals surface area contributed by atoms with Crippen LogP contribution < -0.4 is 10.5 Å². The van der Waals surface area contributed by atoms with Gasteiger partial charge in [0.15, 0.2) is 11.5 Å². The molecule has 1 rings (SSSR count). The summed E-state index contributed by atoms with van der Waals surface area (Å²) in [5.74, 6) is 0.557. The number of rotatable bonds is 7. The van der Waals surface area contributed by atoms with E-state index in [0.29, 0.717) is 30.8 Å². The van der Waals surface area contributed by atoms with E-state index in [1.54, 1.807) is 18.0 Å². The normalized spacial score (nSPS) is 11.9. The number of ketones is 1. The van der Waals surface area contributed by atoms with E-state index in [4.69, 9.17) is 10.5 Å². The molecule has 5 nitrogen and oxygen atoms in total. The molecule has 5 heteroatoms. The number of carbonyl (C=O) groups is 1. The maximum atomic E-state index is 12.9. The van der Waals surface area contributed by atoms with Crippen molar-refractivity contribution in [1.82, 2.24) is 9.78 Å². The lowest BCUT2D eigenvalue weighted by molar-refractivity contribution is 0.0769. The number of nitrogens with zero attached hydrogens (tertiary/aromatic N) is 2. The SMILES string of the molecule is CCC(CC)(CN)C(=O)c1c(OC)cnn1C(C)C. The van der Waals surface area contributed by atoms with Crippen molar-refractivity contribution in [3.63, 3.8) is 0 Å². The third-order valence-corrected chi connectivity index (χ3v) is 3.91. The largest absolute Gasteiger partial charge is 0.493 e. The smallest absolute Gasteiger partial charge is 0.192 e. The summed E-state index contributed by atoms with van der Waals surface area (Å²) in [6, 6.07) is 0.104. The van der Waals surface area contributed by atoms with Crippen LogP contribution in [0.3, 0.4) is 0 Å². The predicted octanol–water partition coefficient (Wildman–Crippen LogP) is 2.42. The molecule has 0 spiro atoms. The van der Waals surface area contributed by atoms with Gasteiger partial charge in [-0.15, -0.1) is 0 Å². The zero-order valence-corrected chi connectivity index (χ0v) is 12.6. The standard InChI is InChI=1S/C14H25N3O2/c1-6-14(7-2,9-15)13(18)12-11(19-5)8-16-17(12)10(3)4/h8,10H,6-7,9,15H2,1-5H3. The first-order chi connectivity index (χ1) is 8.97. The first kappa shape index (κ1) is 15.7. The van der Waals surface area contributed by atoms with Gasteiger partial charge in [-0.1, -0.05) is 13.8 Å². The second-order valence-corrected chi connectivity index (χ2v) is 5.12. The maximum absolute atomic E-state index is 12.9. The summed E-state index contributed by atoms with van der Waals surface area (Å²) in [6.07, 6.45) is 3.02. The summed E-state index contributed by atoms with van der Waals surface area (Å²) in [4.78, 5) is 12.9. The van der Waals surface area contributed by atoms with E-state index >= 15 is 0 Å². The highest BCUT2D eigenvalue weighted by Gasteiger charge is 2.38. The number of hydrogen-bond donors (Lipinski definition) is 1. The van der Waals surface area contributed by atoms with Crippen LogP contribution >= 0.6 is 0 Å². The van der Waals surface area contributed by atoms with Gasteiger partial charge in [0.05, 0.1) is 13.3 Å². The molecule has 0 amide bonds. The summed E-state index contributed by atoms with van der Waals surface area (Å²) < 4.78 is 7.00. The Labute approximate surface area is 115 Å². The van der Waals surface area contributed by atoms with Crippen molar-refractivity contribution in [2.24, 2.45) is 11.1 Å². The predicted molar refractivity (Wildman–Crippen MR) is 75.6 cm³/mol. The van der Waals surface area contributed by atoms with Crippen molar-refractivity contribution in [3.8, 4) is 5.75 Å². The Kier molecular flexibility index (Phi) is 5.11. The fourth-order valence-corrected chi connectivity index (χ4v) is 2.31. The molecule has 1 aromatic heterocycles. The third-order valence-electron chi connectivity index (χ3n) is 3.91. The first-order valence-electron chi connectivity index (χ1n) is 6.83. The van der Waals surface area contributed by atoms with Gasteiger partial charge in [-0.05, 0) is 26.7 Å². The molecule has 108 valence electrons. The molecule has 1 heterocycles. The molecule has 0 aliphatic carbocycles. The Hall–Kier alpha value is -1.36. The molecule has 0 fully saturated rings. The fourth-order valence-electron chi connectivity index (χ4n) is 2.31. The lowest BCUT2D eigenvalue weighted by Crippen LogP contribution is -2.39. The van der Waals surface area contributed by atoms with E-state index in [0.717, 1.165) is 0 Å². The average molecular weight is 267 g/mol. The number of aromatic nitrogens is 2. The highest BCUT2D eigenvalue weighted by atomic mass is 16.5. The van der Waals surface area contributed by atoms with Crippen molar-refractivity contribution >= 4 is 5.78 Å². The maximum Gasteiger partial charge on any atom is 0.192 e. The van der Waals surface area contributed by atoms with Gasteiger partial charge in [0.1, 0.15) is 5.69 Å². The minimum Gasteiger partial charge on any atom is -0.493 e. The zero-order valence-electron chi connectivity index (χ0n) is 12.6. The van der Waals surface area contributed by atoms with Gasteiger partial charge in [0.25, 0.3) is 0 Å². The number of hydrogen-bond acceptors (Lipinski definition) is 4. The molecule has 2 N–H and O–H groups in total. The number of Topliss-reactive ketones (excluding diaryl/α,β-unsaturated/α-hetero) is 1. The molecule has 19 heavy (non-hydrogen) atoms. The minimum absolute atomic E-state index is 0.0306. The van der Waals surface area contributed by atoms with Crippen LogP contribution in [0.5, 0.6) is 5.75 Å². The van der Waals surface area contributed by atoms with Gasteiger partial charge in [0.2, 0.25) is 0 Å². The molecule has 1 aromatic rings. The highest BCUT2D eigenvalue weighted by molar-refractivity contribution is 6.01. The van der Waals surface area contributed by atoms with Crippen LogP contribution in [0.4, 0.5) is 0 Å². The number of nitrogens with two attached hydrogens (primary N) is 1. The molecular formula is C14H25N3O2. The molecule has 0 saturated carbocycles. The lowest BCUT2D eigenvalue weighted by atomic mass is 9.77. The lowest BCUT2D eigenvalue weighted by Gasteiger charge is -2.29. The molecule has 0 bridgehead atoms. The van der Waals surface area contributed by atoms with Crippen LogP contribution in [0.25, 0.3) is 0 Å². The monoisotopic (exact) mass is 267 g/mol. The summed E-state index contributed by atoms with van der Waals surface area (Å²) in [6.45, 7) is 8.31. The van der Waals surface area contributed by atoms with Gasteiger partial charge in [-0.25, -0.2) is 0 Å². The summed E-state index contributed by atoms with van der Waals surface area (Å²) in [7, 11) is 1.56. The van der Waals surface area contributed by atoms with E-state index in [2.05, 4.69) is 5.10 Å². The molecule has 0 atom stereocenters. The van der Waals surface area contributed by atoms with Gasteiger partial charge in [-0.2, -0.15) is 5.10 Å². The van der Waals surface area contributed by atoms with Crippen LogP contribution in [0.1, 0.15) is 57.1 Å². The molecule has 0 aliphatic heterocycles. The molecular weight excluding hydrogens is 242 g/mol.